The number of hydrogen-bond donors (Lipinski definition) is 1. The van der Waals surface area contributed by atoms with E-state index in [2.05, 4.69) is 21.2 Å². The fraction of sp³-hybridized carbons (Fsp3) is 0.0714. The molecule has 0 unspecified atom stereocenters. The van der Waals surface area contributed by atoms with Gasteiger partial charge in [0.05, 0.1) is 5.56 Å². The van der Waals surface area contributed by atoms with E-state index in [0.29, 0.717) is 15.7 Å². The van der Waals surface area contributed by atoms with Crippen molar-refractivity contribution in [3.05, 3.63) is 63.6 Å². The van der Waals surface area contributed by atoms with Crippen LogP contribution >= 0.6 is 15.9 Å². The van der Waals surface area contributed by atoms with Crippen LogP contribution in [0.1, 0.15) is 15.9 Å². The maximum absolute atomic E-state index is 13.6. The Morgan fingerprint density at radius 3 is 2.58 bits per heavy atom. The van der Waals surface area contributed by atoms with Crippen molar-refractivity contribution in [3.8, 4) is 0 Å². The number of halogens is 3. The highest BCUT2D eigenvalue weighted by atomic mass is 79.9. The molecule has 0 atom stereocenters. The van der Waals surface area contributed by atoms with Crippen molar-refractivity contribution in [1.82, 2.24) is 0 Å². The molecule has 2 aromatic rings. The number of amides is 1. The molecular formula is C14H10BrF2NO. The van der Waals surface area contributed by atoms with Crippen LogP contribution in [0.15, 0.2) is 40.9 Å². The Morgan fingerprint density at radius 2 is 1.89 bits per heavy atom. The summed E-state index contributed by atoms with van der Waals surface area (Å²) in [6.45, 7) is 1.73. The number of carbonyl (C=O) groups is 1. The molecule has 0 spiro atoms. The third kappa shape index (κ3) is 3.17. The molecule has 2 aromatic carbocycles. The number of aryl methyl sites for hydroxylation is 1. The molecule has 5 heteroatoms. The molecule has 2 rings (SSSR count). The van der Waals surface area contributed by atoms with Gasteiger partial charge in [0.2, 0.25) is 0 Å². The van der Waals surface area contributed by atoms with Gasteiger partial charge in [0.1, 0.15) is 11.6 Å². The molecule has 0 saturated heterocycles. The van der Waals surface area contributed by atoms with Crippen LogP contribution in [0.25, 0.3) is 0 Å². The Labute approximate surface area is 117 Å². The molecule has 0 heterocycles. The molecule has 0 bridgehead atoms. The van der Waals surface area contributed by atoms with E-state index < -0.39 is 17.5 Å². The van der Waals surface area contributed by atoms with Gasteiger partial charge in [0.15, 0.2) is 0 Å². The van der Waals surface area contributed by atoms with E-state index in [4.69, 9.17) is 0 Å². The minimum absolute atomic E-state index is 0.0909. The number of hydrogen-bond acceptors (Lipinski definition) is 1. The first kappa shape index (κ1) is 13.7. The zero-order valence-corrected chi connectivity index (χ0v) is 11.6. The normalized spacial score (nSPS) is 10.3. The fourth-order valence-corrected chi connectivity index (χ4v) is 1.93. The van der Waals surface area contributed by atoms with Gasteiger partial charge in [0.25, 0.3) is 5.91 Å². The van der Waals surface area contributed by atoms with Gasteiger partial charge in [-0.05, 0) is 42.8 Å². The first-order valence-corrected chi connectivity index (χ1v) is 6.29. The van der Waals surface area contributed by atoms with E-state index in [1.165, 1.54) is 24.3 Å². The van der Waals surface area contributed by atoms with E-state index >= 15 is 0 Å². The summed E-state index contributed by atoms with van der Waals surface area (Å²) in [5.41, 5.74) is 0.937. The molecule has 0 fully saturated rings. The molecular weight excluding hydrogens is 316 g/mol. The van der Waals surface area contributed by atoms with Crippen molar-refractivity contribution in [2.24, 2.45) is 0 Å². The molecule has 0 aliphatic heterocycles. The SMILES string of the molecule is Cc1ccc(F)cc1NC(=O)c1ccc(Br)cc1F. The molecule has 0 aromatic heterocycles. The molecule has 0 saturated carbocycles. The minimum Gasteiger partial charge on any atom is -0.322 e. The van der Waals surface area contributed by atoms with Crippen molar-refractivity contribution < 1.29 is 13.6 Å². The lowest BCUT2D eigenvalue weighted by atomic mass is 10.1. The minimum atomic E-state index is -0.638. The van der Waals surface area contributed by atoms with Gasteiger partial charge in [-0.15, -0.1) is 0 Å². The summed E-state index contributed by atoms with van der Waals surface area (Å²) in [4.78, 5) is 11.9. The molecule has 0 radical (unpaired) electrons. The second kappa shape index (κ2) is 5.48. The lowest BCUT2D eigenvalue weighted by Crippen LogP contribution is -2.14. The smallest absolute Gasteiger partial charge is 0.258 e. The molecule has 19 heavy (non-hydrogen) atoms. The second-order valence-electron chi connectivity index (χ2n) is 4.04. The van der Waals surface area contributed by atoms with Crippen LogP contribution in [-0.4, -0.2) is 5.91 Å². The highest BCUT2D eigenvalue weighted by Gasteiger charge is 2.13. The third-order valence-electron chi connectivity index (χ3n) is 2.62. The largest absolute Gasteiger partial charge is 0.322 e. The molecule has 1 N–H and O–H groups in total. The van der Waals surface area contributed by atoms with Gasteiger partial charge >= 0.3 is 0 Å². The van der Waals surface area contributed by atoms with E-state index in [0.717, 1.165) is 0 Å². The Balaban J connectivity index is 2.28. The van der Waals surface area contributed by atoms with Crippen molar-refractivity contribution in [2.75, 3.05) is 5.32 Å². The van der Waals surface area contributed by atoms with Gasteiger partial charge in [-0.25, -0.2) is 8.78 Å². The molecule has 0 aliphatic carbocycles. The lowest BCUT2D eigenvalue weighted by Gasteiger charge is -2.09. The monoisotopic (exact) mass is 325 g/mol. The number of carbonyl (C=O) groups excluding carboxylic acids is 1. The van der Waals surface area contributed by atoms with Crippen molar-refractivity contribution in [3.63, 3.8) is 0 Å². The van der Waals surface area contributed by atoms with Crippen molar-refractivity contribution >= 4 is 27.5 Å². The molecule has 1 amide bonds. The zero-order chi connectivity index (χ0) is 14.0. The Morgan fingerprint density at radius 1 is 1.16 bits per heavy atom. The summed E-state index contributed by atoms with van der Waals surface area (Å²) >= 11 is 3.11. The third-order valence-corrected chi connectivity index (χ3v) is 3.12. The van der Waals surface area contributed by atoms with Crippen LogP contribution in [0.4, 0.5) is 14.5 Å². The van der Waals surface area contributed by atoms with Gasteiger partial charge in [-0.1, -0.05) is 22.0 Å². The maximum atomic E-state index is 13.6. The predicted molar refractivity (Wildman–Crippen MR) is 73.2 cm³/mol. The molecule has 0 aliphatic rings. The van der Waals surface area contributed by atoms with Gasteiger partial charge in [-0.3, -0.25) is 4.79 Å². The first-order chi connectivity index (χ1) is 8.97. The summed E-state index contributed by atoms with van der Waals surface area (Å²) < 4.78 is 27.3. The Bertz CT molecular complexity index is 643. The highest BCUT2D eigenvalue weighted by molar-refractivity contribution is 9.10. The number of rotatable bonds is 2. The first-order valence-electron chi connectivity index (χ1n) is 5.50. The highest BCUT2D eigenvalue weighted by Crippen LogP contribution is 2.19. The van der Waals surface area contributed by atoms with E-state index in [1.807, 2.05) is 0 Å². The number of nitrogens with one attached hydrogen (secondary N) is 1. The van der Waals surface area contributed by atoms with Gasteiger partial charge < -0.3 is 5.32 Å². The van der Waals surface area contributed by atoms with E-state index in [9.17, 15) is 13.6 Å². The fourth-order valence-electron chi connectivity index (χ4n) is 1.59. The van der Waals surface area contributed by atoms with Crippen LogP contribution < -0.4 is 5.32 Å². The van der Waals surface area contributed by atoms with Crippen LogP contribution in [0.2, 0.25) is 0 Å². The summed E-state index contributed by atoms with van der Waals surface area (Å²) in [7, 11) is 0. The van der Waals surface area contributed by atoms with Gasteiger partial charge in [-0.2, -0.15) is 0 Å². The maximum Gasteiger partial charge on any atom is 0.258 e. The second-order valence-corrected chi connectivity index (χ2v) is 4.95. The summed E-state index contributed by atoms with van der Waals surface area (Å²) in [6.07, 6.45) is 0. The average Bonchev–Trinajstić information content (AvgIpc) is 2.33. The summed E-state index contributed by atoms with van der Waals surface area (Å²) in [6, 6.07) is 8.17. The molecule has 2 nitrogen and oxygen atoms in total. The Kier molecular flexibility index (Phi) is 3.95. The Hall–Kier alpha value is -1.75. The van der Waals surface area contributed by atoms with Crippen molar-refractivity contribution in [1.29, 1.82) is 0 Å². The van der Waals surface area contributed by atoms with Gasteiger partial charge in [0, 0.05) is 10.2 Å². The van der Waals surface area contributed by atoms with Crippen LogP contribution in [0.5, 0.6) is 0 Å². The average molecular weight is 326 g/mol. The number of anilines is 1. The predicted octanol–water partition coefficient (Wildman–Crippen LogP) is 4.29. The van der Waals surface area contributed by atoms with Crippen molar-refractivity contribution in [2.45, 2.75) is 6.92 Å². The van der Waals surface area contributed by atoms with Crippen LogP contribution in [0.3, 0.4) is 0 Å². The summed E-state index contributed by atoms with van der Waals surface area (Å²) in [5.74, 6) is -1.71. The van der Waals surface area contributed by atoms with E-state index in [1.54, 1.807) is 19.1 Å². The molecule has 98 valence electrons. The quantitative estimate of drug-likeness (QED) is 0.876. The summed E-state index contributed by atoms with van der Waals surface area (Å²) in [5, 5.41) is 2.49. The van der Waals surface area contributed by atoms with Crippen LogP contribution in [0, 0.1) is 18.6 Å². The topological polar surface area (TPSA) is 29.1 Å². The lowest BCUT2D eigenvalue weighted by molar-refractivity contribution is 0.102. The van der Waals surface area contributed by atoms with E-state index in [-0.39, 0.29) is 5.56 Å². The van der Waals surface area contributed by atoms with Crippen LogP contribution in [-0.2, 0) is 0 Å². The standard InChI is InChI=1S/C14H10BrF2NO/c1-8-2-4-10(16)7-13(8)18-14(19)11-5-3-9(15)6-12(11)17/h2-7H,1H3,(H,18,19). The number of benzene rings is 2. The zero-order valence-electron chi connectivity index (χ0n) is 10.0.